The van der Waals surface area contributed by atoms with Crippen molar-refractivity contribution in [1.82, 2.24) is 20.9 Å². The smallest absolute Gasteiger partial charge is 0.289 e. The first-order valence-electron chi connectivity index (χ1n) is 17.1. The van der Waals surface area contributed by atoms with Crippen molar-refractivity contribution in [2.75, 3.05) is 18.8 Å². The zero-order valence-electron chi connectivity index (χ0n) is 30.2. The fraction of sp³-hybridized carbons (Fsp3) is 0.750. The Morgan fingerprint density at radius 1 is 1.02 bits per heavy atom. The number of hydrogen-bond acceptors (Lipinski definition) is 7. The van der Waals surface area contributed by atoms with Crippen LogP contribution in [0.3, 0.4) is 0 Å². The summed E-state index contributed by atoms with van der Waals surface area (Å²) < 4.78 is 25.8. The molecule has 12 heteroatoms. The second kappa shape index (κ2) is 16.5. The van der Waals surface area contributed by atoms with Crippen LogP contribution in [0, 0.1) is 35.0 Å². The first kappa shape index (κ1) is 41.0. The normalized spacial score (nSPS) is 21.0. The van der Waals surface area contributed by atoms with Crippen LogP contribution in [0.25, 0.3) is 0 Å². The molecule has 1 saturated carbocycles. The third-order valence-electron chi connectivity index (χ3n) is 9.77. The minimum Gasteiger partial charge on any atom is -0.346 e. The molecule has 0 spiro atoms. The fourth-order valence-electron chi connectivity index (χ4n) is 6.61. The van der Waals surface area contributed by atoms with Crippen LogP contribution in [0.1, 0.15) is 107 Å². The zero-order chi connectivity index (χ0) is 36.7. The lowest BCUT2D eigenvalue weighted by Gasteiger charge is -2.41. The lowest BCUT2D eigenvalue weighted by molar-refractivity contribution is -0.147. The maximum atomic E-state index is 14.5. The van der Waals surface area contributed by atoms with Crippen LogP contribution in [0.5, 0.6) is 0 Å². The Kier molecular flexibility index (Phi) is 14.1. The molecule has 48 heavy (non-hydrogen) atoms. The first-order valence-corrected chi connectivity index (χ1v) is 18.8. The number of nitrogens with zero attached hydrogens (tertiary/aromatic N) is 1. The van der Waals surface area contributed by atoms with Crippen molar-refractivity contribution in [3.63, 3.8) is 0 Å². The largest absolute Gasteiger partial charge is 0.346 e. The van der Waals surface area contributed by atoms with Gasteiger partial charge >= 0.3 is 0 Å². The number of carbonyl (C=O) groups excluding carboxylic acids is 5. The van der Waals surface area contributed by atoms with Gasteiger partial charge in [-0.2, -0.15) is 0 Å². The van der Waals surface area contributed by atoms with Gasteiger partial charge in [-0.25, -0.2) is 8.42 Å². The molecule has 1 aliphatic heterocycles. The topological polar surface area (TPSA) is 159 Å². The number of ketones is 1. The standard InChI is InChI=1S/C36H58N4O7S/c1-11-13-17-26(28(41)31(43)37-21-12-2)38-30(42)27-25(24(3)4)18-22-40(27)32(44)29(34(5,6)7)39-33(45)36(19-15-14-16-20-36)23-48(46,47)35(8,9)10/h1,12,24-27,29H,2,13-23H2,3-10H3,(H,37,43)(H,38,42)(H,39,45)/t25?,26?,27-,29+/m0/s1. The maximum absolute atomic E-state index is 14.5. The lowest BCUT2D eigenvalue weighted by atomic mass is 9.74. The summed E-state index contributed by atoms with van der Waals surface area (Å²) in [5.41, 5.74) is -1.97. The van der Waals surface area contributed by atoms with Crippen LogP contribution >= 0.6 is 0 Å². The van der Waals surface area contributed by atoms with Gasteiger partial charge in [-0.05, 0) is 63.7 Å². The SMILES string of the molecule is C#CCCC(NC(=O)[C@@H]1C(C(C)C)CCN1C(=O)[C@@H](NC(=O)C1(CS(=O)(=O)C(C)(C)C)CCCCC1)C(C)(C)C)C(=O)C(=O)NCC=C. The highest BCUT2D eigenvalue weighted by atomic mass is 32.2. The molecule has 270 valence electrons. The number of Topliss-reactive ketones (excluding diaryl/α,β-unsaturated/α-hetero) is 1. The molecule has 3 N–H and O–H groups in total. The minimum atomic E-state index is -3.66. The van der Waals surface area contributed by atoms with E-state index in [1.165, 1.54) is 11.0 Å². The summed E-state index contributed by atoms with van der Waals surface area (Å²) in [5, 5.41) is 8.13. The molecule has 4 atom stereocenters. The Morgan fingerprint density at radius 3 is 2.12 bits per heavy atom. The summed E-state index contributed by atoms with van der Waals surface area (Å²) >= 11 is 0. The van der Waals surface area contributed by atoms with Crippen LogP contribution in [0.15, 0.2) is 12.7 Å². The monoisotopic (exact) mass is 690 g/mol. The van der Waals surface area contributed by atoms with Crippen molar-refractivity contribution in [1.29, 1.82) is 0 Å². The molecule has 0 aromatic carbocycles. The number of rotatable bonds is 14. The fourth-order valence-corrected chi connectivity index (χ4v) is 8.19. The van der Waals surface area contributed by atoms with E-state index in [0.29, 0.717) is 32.1 Å². The van der Waals surface area contributed by atoms with Crippen LogP contribution < -0.4 is 16.0 Å². The quantitative estimate of drug-likeness (QED) is 0.143. The average Bonchev–Trinajstić information content (AvgIpc) is 3.45. The Morgan fingerprint density at radius 2 is 1.62 bits per heavy atom. The van der Waals surface area contributed by atoms with Crippen LogP contribution in [0.4, 0.5) is 0 Å². The van der Waals surface area contributed by atoms with E-state index in [9.17, 15) is 32.4 Å². The number of nitrogens with one attached hydrogen (secondary N) is 3. The van der Waals surface area contributed by atoms with Gasteiger partial charge in [0.25, 0.3) is 5.91 Å². The molecule has 2 fully saturated rings. The van der Waals surface area contributed by atoms with Crippen LogP contribution in [-0.4, -0.2) is 84.4 Å². The highest BCUT2D eigenvalue weighted by molar-refractivity contribution is 7.92. The number of likely N-dealkylation sites (tertiary alicyclic amines) is 1. The number of sulfone groups is 1. The van der Waals surface area contributed by atoms with Gasteiger partial charge < -0.3 is 20.9 Å². The molecular weight excluding hydrogens is 632 g/mol. The molecule has 1 heterocycles. The van der Waals surface area contributed by atoms with E-state index in [1.807, 2.05) is 34.6 Å². The molecule has 0 bridgehead atoms. The van der Waals surface area contributed by atoms with Crippen molar-refractivity contribution in [3.05, 3.63) is 12.7 Å². The van der Waals surface area contributed by atoms with E-state index < -0.39 is 73.0 Å². The summed E-state index contributed by atoms with van der Waals surface area (Å²) in [4.78, 5) is 69.8. The van der Waals surface area contributed by atoms with Gasteiger partial charge in [-0.3, -0.25) is 24.0 Å². The van der Waals surface area contributed by atoms with E-state index in [1.54, 1.807) is 20.8 Å². The second-order valence-electron chi connectivity index (χ2n) is 15.8. The molecule has 1 saturated heterocycles. The molecule has 11 nitrogen and oxygen atoms in total. The summed E-state index contributed by atoms with van der Waals surface area (Å²) in [6, 6.07) is -3.23. The van der Waals surface area contributed by atoms with Gasteiger partial charge in [0.15, 0.2) is 9.84 Å². The minimum absolute atomic E-state index is 0.00918. The highest BCUT2D eigenvalue weighted by Gasteiger charge is 2.51. The van der Waals surface area contributed by atoms with E-state index in [2.05, 4.69) is 28.4 Å². The first-order chi connectivity index (χ1) is 22.1. The van der Waals surface area contributed by atoms with E-state index in [4.69, 9.17) is 6.42 Å². The number of terminal acetylenes is 1. The van der Waals surface area contributed by atoms with Crippen molar-refractivity contribution in [2.45, 2.75) is 130 Å². The average molecular weight is 691 g/mol. The van der Waals surface area contributed by atoms with Gasteiger partial charge in [0.05, 0.1) is 22.0 Å². The Hall–Kier alpha value is -3.20. The summed E-state index contributed by atoms with van der Waals surface area (Å²) in [6.45, 7) is 18.1. The van der Waals surface area contributed by atoms with Gasteiger partial charge in [0, 0.05) is 19.5 Å². The molecular formula is C36H58N4O7S. The third kappa shape index (κ3) is 9.93. The van der Waals surface area contributed by atoms with Crippen molar-refractivity contribution in [2.24, 2.45) is 22.7 Å². The van der Waals surface area contributed by atoms with Crippen molar-refractivity contribution < 1.29 is 32.4 Å². The molecule has 0 aromatic heterocycles. The molecule has 2 aliphatic rings. The number of hydrogen-bond donors (Lipinski definition) is 3. The predicted octanol–water partition coefficient (Wildman–Crippen LogP) is 3.32. The van der Waals surface area contributed by atoms with E-state index in [-0.39, 0.29) is 43.5 Å². The number of carbonyl (C=O) groups is 5. The van der Waals surface area contributed by atoms with E-state index in [0.717, 1.165) is 6.42 Å². The summed E-state index contributed by atoms with van der Waals surface area (Å²) in [6.07, 6.45) is 10.7. The lowest BCUT2D eigenvalue weighted by Crippen LogP contribution is -2.62. The Balaban J connectivity index is 2.46. The second-order valence-corrected chi connectivity index (χ2v) is 18.6. The highest BCUT2D eigenvalue weighted by Crippen LogP contribution is 2.41. The Bertz CT molecular complexity index is 1360. The maximum Gasteiger partial charge on any atom is 0.289 e. The molecule has 0 aromatic rings. The molecule has 4 amide bonds. The predicted molar refractivity (Wildman–Crippen MR) is 187 cm³/mol. The third-order valence-corrected chi connectivity index (χ3v) is 12.6. The summed E-state index contributed by atoms with van der Waals surface area (Å²) in [7, 11) is -3.66. The number of amides is 4. The zero-order valence-corrected chi connectivity index (χ0v) is 31.1. The van der Waals surface area contributed by atoms with Gasteiger partial charge in [0.2, 0.25) is 23.5 Å². The molecule has 2 rings (SSSR count). The molecule has 1 aliphatic carbocycles. The molecule has 0 radical (unpaired) electrons. The molecule has 2 unspecified atom stereocenters. The van der Waals surface area contributed by atoms with Gasteiger partial charge in [0.1, 0.15) is 12.1 Å². The van der Waals surface area contributed by atoms with Crippen LogP contribution in [-0.2, 0) is 33.8 Å². The van der Waals surface area contributed by atoms with Crippen LogP contribution in [0.2, 0.25) is 0 Å². The Labute approximate surface area is 288 Å². The summed E-state index contributed by atoms with van der Waals surface area (Å²) in [5.74, 6) is -1.36. The van der Waals surface area contributed by atoms with Gasteiger partial charge in [-0.1, -0.05) is 60.0 Å². The van der Waals surface area contributed by atoms with Gasteiger partial charge in [-0.15, -0.1) is 18.9 Å². The van der Waals surface area contributed by atoms with E-state index >= 15 is 0 Å². The van der Waals surface area contributed by atoms with Crippen molar-refractivity contribution in [3.8, 4) is 12.3 Å². The van der Waals surface area contributed by atoms with Crippen molar-refractivity contribution >= 4 is 39.2 Å².